The van der Waals surface area contributed by atoms with Crippen molar-refractivity contribution in [1.82, 2.24) is 19.6 Å². The molecule has 1 saturated heterocycles. The fourth-order valence-corrected chi connectivity index (χ4v) is 4.22. The third kappa shape index (κ3) is 6.75. The van der Waals surface area contributed by atoms with Crippen LogP contribution in [0.5, 0.6) is 16.7 Å². The zero-order chi connectivity index (χ0) is 23.8. The monoisotopic (exact) mass is 482 g/mol. The van der Waals surface area contributed by atoms with Gasteiger partial charge >= 0.3 is 0 Å². The number of rotatable bonds is 10. The van der Waals surface area contributed by atoms with Gasteiger partial charge in [-0.05, 0) is 43.7 Å². The lowest BCUT2D eigenvalue weighted by molar-refractivity contribution is 0.0374. The summed E-state index contributed by atoms with van der Waals surface area (Å²) in [6.45, 7) is 7.08. The van der Waals surface area contributed by atoms with E-state index < -0.39 is 0 Å². The number of hydrogen-bond acceptors (Lipinski definition) is 8. The second-order valence-corrected chi connectivity index (χ2v) is 8.88. The summed E-state index contributed by atoms with van der Waals surface area (Å²) in [5, 5.41) is 3.39. The Labute approximate surface area is 204 Å². The van der Waals surface area contributed by atoms with Gasteiger partial charge in [-0.1, -0.05) is 29.8 Å². The molecule has 0 unspecified atom stereocenters. The van der Waals surface area contributed by atoms with E-state index in [2.05, 4.69) is 50.8 Å². The average molecular weight is 483 g/mol. The SMILES string of the molecule is COc1ccc(C(=O)NCCCN2CCOCC2)cc1Oc1nc(Cc2ccc(C)cc2)ns1. The van der Waals surface area contributed by atoms with Gasteiger partial charge in [-0.2, -0.15) is 9.36 Å². The lowest BCUT2D eigenvalue weighted by Crippen LogP contribution is -2.38. The maximum absolute atomic E-state index is 12.7. The van der Waals surface area contributed by atoms with Crippen molar-refractivity contribution >= 4 is 17.4 Å². The second kappa shape index (κ2) is 11.9. The molecule has 1 fully saturated rings. The van der Waals surface area contributed by atoms with Gasteiger partial charge in [0.15, 0.2) is 17.3 Å². The van der Waals surface area contributed by atoms with E-state index in [9.17, 15) is 4.79 Å². The highest BCUT2D eigenvalue weighted by molar-refractivity contribution is 7.07. The first-order valence-corrected chi connectivity index (χ1v) is 12.2. The van der Waals surface area contributed by atoms with Crippen molar-refractivity contribution < 1.29 is 19.0 Å². The molecule has 1 aromatic heterocycles. The third-order valence-corrected chi connectivity index (χ3v) is 6.23. The molecule has 9 heteroatoms. The molecule has 0 bridgehead atoms. The van der Waals surface area contributed by atoms with Crippen LogP contribution in [0.4, 0.5) is 0 Å². The van der Waals surface area contributed by atoms with Crippen LogP contribution >= 0.6 is 11.5 Å². The molecule has 2 heterocycles. The number of aryl methyl sites for hydroxylation is 1. The number of amides is 1. The van der Waals surface area contributed by atoms with E-state index in [0.717, 1.165) is 44.8 Å². The smallest absolute Gasteiger partial charge is 0.298 e. The van der Waals surface area contributed by atoms with Crippen LogP contribution < -0.4 is 14.8 Å². The predicted octanol–water partition coefficient (Wildman–Crippen LogP) is 3.69. The van der Waals surface area contributed by atoms with Crippen molar-refractivity contribution in [3.8, 4) is 16.7 Å². The van der Waals surface area contributed by atoms with Gasteiger partial charge < -0.3 is 19.5 Å². The van der Waals surface area contributed by atoms with E-state index in [1.807, 2.05) is 0 Å². The molecular weight excluding hydrogens is 452 g/mol. The third-order valence-electron chi connectivity index (χ3n) is 5.60. The Morgan fingerprint density at radius 1 is 1.15 bits per heavy atom. The molecule has 8 nitrogen and oxygen atoms in total. The van der Waals surface area contributed by atoms with Crippen LogP contribution in [0.15, 0.2) is 42.5 Å². The highest BCUT2D eigenvalue weighted by Crippen LogP contribution is 2.33. The average Bonchev–Trinajstić information content (AvgIpc) is 3.30. The molecule has 0 spiro atoms. The zero-order valence-electron chi connectivity index (χ0n) is 19.6. The Kier molecular flexibility index (Phi) is 8.46. The predicted molar refractivity (Wildman–Crippen MR) is 131 cm³/mol. The number of hydrogen-bond donors (Lipinski definition) is 1. The van der Waals surface area contributed by atoms with Gasteiger partial charge in [-0.3, -0.25) is 9.69 Å². The first kappa shape index (κ1) is 24.1. The zero-order valence-corrected chi connectivity index (χ0v) is 20.4. The Morgan fingerprint density at radius 2 is 1.94 bits per heavy atom. The van der Waals surface area contributed by atoms with Gasteiger partial charge in [-0.25, -0.2) is 0 Å². The van der Waals surface area contributed by atoms with Gasteiger partial charge in [0.1, 0.15) is 0 Å². The van der Waals surface area contributed by atoms with E-state index in [1.54, 1.807) is 25.3 Å². The van der Waals surface area contributed by atoms with Gasteiger partial charge in [-0.15, -0.1) is 0 Å². The summed E-state index contributed by atoms with van der Waals surface area (Å²) in [6, 6.07) is 13.4. The maximum Gasteiger partial charge on any atom is 0.298 e. The molecule has 1 aliphatic rings. The minimum absolute atomic E-state index is 0.146. The van der Waals surface area contributed by atoms with E-state index in [-0.39, 0.29) is 5.91 Å². The van der Waals surface area contributed by atoms with Crippen molar-refractivity contribution in [2.45, 2.75) is 19.8 Å². The number of carbonyl (C=O) groups is 1. The fourth-order valence-electron chi connectivity index (χ4n) is 3.66. The second-order valence-electron chi connectivity index (χ2n) is 8.17. The molecule has 2 aromatic carbocycles. The van der Waals surface area contributed by atoms with Gasteiger partial charge in [0, 0.05) is 43.2 Å². The molecule has 1 aliphatic heterocycles. The molecule has 1 N–H and O–H groups in total. The standard InChI is InChI=1S/C25H30N4O4S/c1-18-4-6-19(7-5-18)16-23-27-25(34-28-23)33-22-17-20(8-9-21(22)31-2)24(30)26-10-3-11-29-12-14-32-15-13-29/h4-9,17H,3,10-16H2,1-2H3,(H,26,30). The van der Waals surface area contributed by atoms with Gasteiger partial charge in [0.2, 0.25) is 0 Å². The summed E-state index contributed by atoms with van der Waals surface area (Å²) < 4.78 is 21.1. The molecule has 180 valence electrons. The number of morpholine rings is 1. The Bertz CT molecular complexity index is 1080. The summed E-state index contributed by atoms with van der Waals surface area (Å²) in [6.07, 6.45) is 1.52. The summed E-state index contributed by atoms with van der Waals surface area (Å²) in [5.74, 6) is 1.50. The molecule has 0 saturated carbocycles. The van der Waals surface area contributed by atoms with Crippen LogP contribution in [0.2, 0.25) is 0 Å². The minimum atomic E-state index is -0.146. The number of aromatic nitrogens is 2. The number of methoxy groups -OCH3 is 1. The Morgan fingerprint density at radius 3 is 2.71 bits per heavy atom. The highest BCUT2D eigenvalue weighted by Gasteiger charge is 2.15. The Hall–Kier alpha value is -3.01. The van der Waals surface area contributed by atoms with Crippen molar-refractivity contribution in [3.05, 3.63) is 65.0 Å². The van der Waals surface area contributed by atoms with Crippen LogP contribution in [-0.4, -0.2) is 66.7 Å². The van der Waals surface area contributed by atoms with E-state index in [1.165, 1.54) is 17.1 Å². The highest BCUT2D eigenvalue weighted by atomic mass is 32.1. The van der Waals surface area contributed by atoms with E-state index in [4.69, 9.17) is 14.2 Å². The van der Waals surface area contributed by atoms with E-state index >= 15 is 0 Å². The molecule has 0 aliphatic carbocycles. The van der Waals surface area contributed by atoms with Crippen LogP contribution in [0, 0.1) is 6.92 Å². The minimum Gasteiger partial charge on any atom is -0.493 e. The first-order chi connectivity index (χ1) is 16.6. The normalized spacial score (nSPS) is 14.1. The van der Waals surface area contributed by atoms with Crippen molar-refractivity contribution in [1.29, 1.82) is 0 Å². The lowest BCUT2D eigenvalue weighted by Gasteiger charge is -2.26. The molecule has 0 atom stereocenters. The van der Waals surface area contributed by atoms with Crippen LogP contribution in [0.25, 0.3) is 0 Å². The molecule has 1 amide bonds. The quantitative estimate of drug-likeness (QED) is 0.441. The summed E-state index contributed by atoms with van der Waals surface area (Å²) >= 11 is 1.18. The van der Waals surface area contributed by atoms with Crippen LogP contribution in [0.3, 0.4) is 0 Å². The number of benzene rings is 2. The number of ether oxygens (including phenoxy) is 3. The summed E-state index contributed by atoms with van der Waals surface area (Å²) in [5.41, 5.74) is 2.86. The first-order valence-electron chi connectivity index (χ1n) is 11.4. The molecule has 0 radical (unpaired) electrons. The van der Waals surface area contributed by atoms with Crippen LogP contribution in [0.1, 0.15) is 33.7 Å². The van der Waals surface area contributed by atoms with Crippen molar-refractivity contribution in [2.75, 3.05) is 46.5 Å². The number of nitrogens with zero attached hydrogens (tertiary/aromatic N) is 3. The van der Waals surface area contributed by atoms with Gasteiger partial charge in [0.05, 0.1) is 20.3 Å². The van der Waals surface area contributed by atoms with E-state index in [0.29, 0.717) is 41.0 Å². The molecular formula is C25H30N4O4S. The number of nitrogens with one attached hydrogen (secondary N) is 1. The Balaban J connectivity index is 1.34. The van der Waals surface area contributed by atoms with Gasteiger partial charge in [0.25, 0.3) is 11.1 Å². The largest absolute Gasteiger partial charge is 0.493 e. The molecule has 34 heavy (non-hydrogen) atoms. The van der Waals surface area contributed by atoms with Crippen molar-refractivity contribution in [3.63, 3.8) is 0 Å². The molecule has 3 aromatic rings. The number of carbonyl (C=O) groups excluding carboxylic acids is 1. The summed E-state index contributed by atoms with van der Waals surface area (Å²) in [4.78, 5) is 19.5. The lowest BCUT2D eigenvalue weighted by atomic mass is 10.1. The molecule has 4 rings (SSSR count). The topological polar surface area (TPSA) is 85.8 Å². The summed E-state index contributed by atoms with van der Waals surface area (Å²) in [7, 11) is 1.57. The fraction of sp³-hybridized carbons (Fsp3) is 0.400. The van der Waals surface area contributed by atoms with Crippen molar-refractivity contribution in [2.24, 2.45) is 0 Å². The van der Waals surface area contributed by atoms with Crippen LogP contribution in [-0.2, 0) is 11.2 Å². The maximum atomic E-state index is 12.7.